The first kappa shape index (κ1) is 19.1. The van der Waals surface area contributed by atoms with Crippen molar-refractivity contribution in [3.8, 4) is 11.5 Å². The molecule has 1 saturated heterocycles. The number of carboxylic acid groups (broad SMARTS) is 1. The minimum absolute atomic E-state index is 0.0401. The summed E-state index contributed by atoms with van der Waals surface area (Å²) in [7, 11) is 1.50. The fraction of sp³-hybridized carbons (Fsp3) is 0.556. The molecule has 1 fully saturated rings. The highest BCUT2D eigenvalue weighted by atomic mass is 16.5. The summed E-state index contributed by atoms with van der Waals surface area (Å²) in [6.45, 7) is 5.04. The van der Waals surface area contributed by atoms with Crippen LogP contribution >= 0.6 is 0 Å². The average Bonchev–Trinajstić information content (AvgIpc) is 3.04. The Hall–Kier alpha value is -2.28. The van der Waals surface area contributed by atoms with Crippen LogP contribution in [-0.4, -0.2) is 49.5 Å². The highest BCUT2D eigenvalue weighted by Crippen LogP contribution is 2.29. The number of hydrogen-bond donors (Lipinski definition) is 2. The van der Waals surface area contributed by atoms with Crippen molar-refractivity contribution in [2.45, 2.75) is 32.2 Å². The number of methoxy groups -OCH3 is 1. The summed E-state index contributed by atoms with van der Waals surface area (Å²) in [5, 5.41) is 12.0. The molecular formula is C18H25NO6. The first-order chi connectivity index (χ1) is 11.9. The summed E-state index contributed by atoms with van der Waals surface area (Å²) < 4.78 is 16.1. The van der Waals surface area contributed by atoms with Gasteiger partial charge in [0.25, 0.3) is 5.91 Å². The third-order valence-electron chi connectivity index (χ3n) is 4.16. The molecule has 0 aliphatic carbocycles. The number of rotatable bonds is 8. The lowest BCUT2D eigenvalue weighted by atomic mass is 9.98. The van der Waals surface area contributed by atoms with E-state index in [-0.39, 0.29) is 13.0 Å². The number of carbonyl (C=O) groups excluding carboxylic acids is 1. The van der Waals surface area contributed by atoms with Crippen LogP contribution in [0, 0.1) is 5.92 Å². The van der Waals surface area contributed by atoms with Gasteiger partial charge in [0.15, 0.2) is 17.0 Å². The summed E-state index contributed by atoms with van der Waals surface area (Å²) in [6, 6.07) is 4.80. The van der Waals surface area contributed by atoms with Crippen LogP contribution in [0.15, 0.2) is 18.2 Å². The predicted octanol–water partition coefficient (Wildman–Crippen LogP) is 2.09. The molecule has 7 nitrogen and oxygen atoms in total. The summed E-state index contributed by atoms with van der Waals surface area (Å²) in [4.78, 5) is 24.0. The lowest BCUT2D eigenvalue weighted by molar-refractivity contribution is -0.144. The summed E-state index contributed by atoms with van der Waals surface area (Å²) in [6.07, 6.45) is 1.15. The van der Waals surface area contributed by atoms with Gasteiger partial charge in [0.2, 0.25) is 0 Å². The van der Waals surface area contributed by atoms with Crippen LogP contribution in [0.25, 0.3) is 0 Å². The molecule has 2 rings (SSSR count). The molecular weight excluding hydrogens is 326 g/mol. The van der Waals surface area contributed by atoms with Gasteiger partial charge in [-0.25, -0.2) is 4.79 Å². The molecule has 1 unspecified atom stereocenters. The van der Waals surface area contributed by atoms with E-state index >= 15 is 0 Å². The number of carboxylic acids is 1. The number of nitrogens with one attached hydrogen (secondary N) is 1. The van der Waals surface area contributed by atoms with Crippen LogP contribution in [0.4, 0.5) is 0 Å². The van der Waals surface area contributed by atoms with Gasteiger partial charge in [0.05, 0.1) is 20.3 Å². The second-order valence-electron chi connectivity index (χ2n) is 6.54. The van der Waals surface area contributed by atoms with Crippen LogP contribution in [0.5, 0.6) is 11.5 Å². The lowest BCUT2D eigenvalue weighted by Crippen LogP contribution is -2.55. The Morgan fingerprint density at radius 3 is 2.68 bits per heavy atom. The lowest BCUT2D eigenvalue weighted by Gasteiger charge is -2.23. The SMILES string of the molecule is COc1cc(C(=O)NC2(C(=O)O)CCOC2)ccc1OCCC(C)C. The maximum absolute atomic E-state index is 12.5. The van der Waals surface area contributed by atoms with E-state index in [2.05, 4.69) is 19.2 Å². The first-order valence-corrected chi connectivity index (χ1v) is 8.32. The van der Waals surface area contributed by atoms with E-state index in [1.807, 2.05) is 0 Å². The summed E-state index contributed by atoms with van der Waals surface area (Å²) in [5.74, 6) is -0.0731. The minimum atomic E-state index is -1.38. The standard InChI is InChI=1S/C18H25NO6/c1-12(2)6-8-25-14-5-4-13(10-15(14)23-3)16(20)19-18(17(21)22)7-9-24-11-18/h4-5,10,12H,6-9,11H2,1-3H3,(H,19,20)(H,21,22). The molecule has 1 aliphatic heterocycles. The summed E-state index contributed by atoms with van der Waals surface area (Å²) in [5.41, 5.74) is -1.07. The van der Waals surface area contributed by atoms with Crippen molar-refractivity contribution >= 4 is 11.9 Å². The predicted molar refractivity (Wildman–Crippen MR) is 91.2 cm³/mol. The minimum Gasteiger partial charge on any atom is -0.493 e. The van der Waals surface area contributed by atoms with E-state index in [9.17, 15) is 14.7 Å². The van der Waals surface area contributed by atoms with Crippen LogP contribution in [0.3, 0.4) is 0 Å². The van der Waals surface area contributed by atoms with Gasteiger partial charge in [-0.2, -0.15) is 0 Å². The molecule has 7 heteroatoms. The van der Waals surface area contributed by atoms with Crippen molar-refractivity contribution in [2.24, 2.45) is 5.92 Å². The van der Waals surface area contributed by atoms with Crippen LogP contribution in [-0.2, 0) is 9.53 Å². The third kappa shape index (κ3) is 4.63. The Morgan fingerprint density at radius 2 is 2.12 bits per heavy atom. The zero-order chi connectivity index (χ0) is 18.4. The second-order valence-corrected chi connectivity index (χ2v) is 6.54. The molecule has 1 amide bonds. The Bertz CT molecular complexity index is 622. The Morgan fingerprint density at radius 1 is 1.36 bits per heavy atom. The number of carbonyl (C=O) groups is 2. The molecule has 0 radical (unpaired) electrons. The molecule has 0 aromatic heterocycles. The van der Waals surface area contributed by atoms with Gasteiger partial charge in [0.1, 0.15) is 0 Å². The molecule has 138 valence electrons. The van der Waals surface area contributed by atoms with E-state index in [0.29, 0.717) is 36.2 Å². The number of benzene rings is 1. The van der Waals surface area contributed by atoms with Crippen molar-refractivity contribution in [3.05, 3.63) is 23.8 Å². The van der Waals surface area contributed by atoms with Gasteiger partial charge < -0.3 is 24.6 Å². The highest BCUT2D eigenvalue weighted by molar-refractivity contribution is 5.98. The van der Waals surface area contributed by atoms with Crippen molar-refractivity contribution in [2.75, 3.05) is 26.9 Å². The van der Waals surface area contributed by atoms with E-state index in [4.69, 9.17) is 14.2 Å². The quantitative estimate of drug-likeness (QED) is 0.745. The van der Waals surface area contributed by atoms with Gasteiger partial charge >= 0.3 is 5.97 Å². The average molecular weight is 351 g/mol. The smallest absolute Gasteiger partial charge is 0.331 e. The molecule has 1 atom stereocenters. The van der Waals surface area contributed by atoms with Crippen molar-refractivity contribution in [3.63, 3.8) is 0 Å². The van der Waals surface area contributed by atoms with Crippen molar-refractivity contribution in [1.82, 2.24) is 5.32 Å². The van der Waals surface area contributed by atoms with Crippen LogP contribution in [0.1, 0.15) is 37.0 Å². The molecule has 25 heavy (non-hydrogen) atoms. The Kier molecular flexibility index (Phi) is 6.25. The molecule has 1 heterocycles. The fourth-order valence-electron chi connectivity index (χ4n) is 2.51. The maximum Gasteiger partial charge on any atom is 0.331 e. The van der Waals surface area contributed by atoms with E-state index < -0.39 is 17.4 Å². The largest absolute Gasteiger partial charge is 0.493 e. The third-order valence-corrected chi connectivity index (χ3v) is 4.16. The Labute approximate surface area is 147 Å². The highest BCUT2D eigenvalue weighted by Gasteiger charge is 2.44. The van der Waals surface area contributed by atoms with E-state index in [1.165, 1.54) is 7.11 Å². The monoisotopic (exact) mass is 351 g/mol. The van der Waals surface area contributed by atoms with Gasteiger partial charge in [-0.15, -0.1) is 0 Å². The van der Waals surface area contributed by atoms with Gasteiger partial charge in [-0.05, 0) is 30.5 Å². The second kappa shape index (κ2) is 8.20. The van der Waals surface area contributed by atoms with Crippen LogP contribution in [0.2, 0.25) is 0 Å². The van der Waals surface area contributed by atoms with Crippen molar-refractivity contribution < 1.29 is 28.9 Å². The topological polar surface area (TPSA) is 94.1 Å². The zero-order valence-electron chi connectivity index (χ0n) is 14.8. The normalized spacial score (nSPS) is 19.7. The molecule has 0 bridgehead atoms. The fourth-order valence-corrected chi connectivity index (χ4v) is 2.51. The Balaban J connectivity index is 2.11. The van der Waals surface area contributed by atoms with E-state index in [0.717, 1.165) is 6.42 Å². The first-order valence-electron chi connectivity index (χ1n) is 8.32. The molecule has 1 aliphatic rings. The molecule has 1 aromatic rings. The zero-order valence-corrected chi connectivity index (χ0v) is 14.8. The van der Waals surface area contributed by atoms with Crippen molar-refractivity contribution in [1.29, 1.82) is 0 Å². The molecule has 0 spiro atoms. The summed E-state index contributed by atoms with van der Waals surface area (Å²) >= 11 is 0. The van der Waals surface area contributed by atoms with E-state index in [1.54, 1.807) is 18.2 Å². The number of hydrogen-bond acceptors (Lipinski definition) is 5. The van der Waals surface area contributed by atoms with Gasteiger partial charge in [-0.1, -0.05) is 13.8 Å². The van der Waals surface area contributed by atoms with Crippen LogP contribution < -0.4 is 14.8 Å². The molecule has 1 aromatic carbocycles. The number of aliphatic carboxylic acids is 1. The molecule has 2 N–H and O–H groups in total. The molecule has 0 saturated carbocycles. The van der Waals surface area contributed by atoms with Gasteiger partial charge in [-0.3, -0.25) is 4.79 Å². The number of amides is 1. The maximum atomic E-state index is 12.5. The number of ether oxygens (including phenoxy) is 3. The van der Waals surface area contributed by atoms with Gasteiger partial charge in [0, 0.05) is 18.6 Å².